The van der Waals surface area contributed by atoms with Crippen molar-refractivity contribution in [3.8, 4) is 16.9 Å². The van der Waals surface area contributed by atoms with E-state index in [1.165, 1.54) is 4.31 Å². The van der Waals surface area contributed by atoms with E-state index in [0.29, 0.717) is 21.9 Å². The molecule has 1 fully saturated rings. The monoisotopic (exact) mass is 587 g/mol. The Kier molecular flexibility index (Phi) is 9.73. The third kappa shape index (κ3) is 6.68. The lowest BCUT2D eigenvalue weighted by Gasteiger charge is -2.34. The van der Waals surface area contributed by atoms with Crippen LogP contribution in [0, 0.1) is 5.41 Å². The Bertz CT molecular complexity index is 1610. The SMILES string of the molecule is CC.CN=C(C)N1CCC(Oc2ccc3c(c2)N(Cc2cccc(-c4cccc(C(=N)N)c4)c2)S(=O)(=O)C(C)=C3)CC1. The lowest BCUT2D eigenvalue weighted by Crippen LogP contribution is -2.40. The highest BCUT2D eigenvalue weighted by Crippen LogP contribution is 2.38. The van der Waals surface area contributed by atoms with Crippen LogP contribution in [0.25, 0.3) is 17.2 Å². The van der Waals surface area contributed by atoms with E-state index in [2.05, 4.69) is 9.89 Å². The molecular weight excluding hydrogens is 546 g/mol. The molecule has 0 saturated carbocycles. The van der Waals surface area contributed by atoms with Gasteiger partial charge in [0.2, 0.25) is 0 Å². The van der Waals surface area contributed by atoms with Gasteiger partial charge in [-0.3, -0.25) is 14.7 Å². The van der Waals surface area contributed by atoms with Crippen molar-refractivity contribution in [3.63, 3.8) is 0 Å². The van der Waals surface area contributed by atoms with Gasteiger partial charge in [0.05, 0.1) is 23.0 Å². The Labute approximate surface area is 250 Å². The Hall–Kier alpha value is -4.11. The number of aliphatic imine (C=N–C) groups is 1. The van der Waals surface area contributed by atoms with Crippen LogP contribution in [0.15, 0.2) is 76.6 Å². The molecule has 1 saturated heterocycles. The highest BCUT2D eigenvalue weighted by molar-refractivity contribution is 7.96. The second-order valence-corrected chi connectivity index (χ2v) is 12.3. The summed E-state index contributed by atoms with van der Waals surface area (Å²) in [5.41, 5.74) is 10.5. The Morgan fingerprint density at radius 2 is 1.69 bits per heavy atom. The topological polar surface area (TPSA) is 112 Å². The van der Waals surface area contributed by atoms with Crippen LogP contribution in [0.4, 0.5) is 5.69 Å². The van der Waals surface area contributed by atoms with E-state index in [9.17, 15) is 8.42 Å². The van der Waals surface area contributed by atoms with Crippen molar-refractivity contribution in [2.24, 2.45) is 10.7 Å². The largest absolute Gasteiger partial charge is 0.490 e. The summed E-state index contributed by atoms with van der Waals surface area (Å²) in [6, 6.07) is 21.0. The van der Waals surface area contributed by atoms with Gasteiger partial charge in [0.25, 0.3) is 10.0 Å². The molecule has 2 aliphatic rings. The average molecular weight is 588 g/mol. The Morgan fingerprint density at radius 1 is 1.02 bits per heavy atom. The second-order valence-electron chi connectivity index (χ2n) is 10.3. The van der Waals surface area contributed by atoms with E-state index in [1.54, 1.807) is 19.1 Å². The third-order valence-electron chi connectivity index (χ3n) is 7.61. The molecule has 2 aliphatic heterocycles. The number of nitrogens with two attached hydrogens (primary N) is 1. The first-order chi connectivity index (χ1) is 20.2. The molecule has 0 unspecified atom stereocenters. The van der Waals surface area contributed by atoms with E-state index < -0.39 is 10.0 Å². The fourth-order valence-corrected chi connectivity index (χ4v) is 6.57. The summed E-state index contributed by atoms with van der Waals surface area (Å²) in [5, 5.41) is 7.75. The van der Waals surface area contributed by atoms with Crippen molar-refractivity contribution >= 4 is 33.5 Å². The number of ether oxygens (including phenoxy) is 1. The van der Waals surface area contributed by atoms with E-state index >= 15 is 0 Å². The molecule has 9 heteroatoms. The molecule has 0 spiro atoms. The van der Waals surface area contributed by atoms with Gasteiger partial charge >= 0.3 is 0 Å². The molecule has 3 aromatic rings. The van der Waals surface area contributed by atoms with Crippen LogP contribution in [0.3, 0.4) is 0 Å². The van der Waals surface area contributed by atoms with Gasteiger partial charge in [0, 0.05) is 50.2 Å². The molecule has 0 amide bonds. The molecule has 5 rings (SSSR count). The average Bonchev–Trinajstić information content (AvgIpc) is 3.01. The molecule has 2 heterocycles. The van der Waals surface area contributed by atoms with Crippen LogP contribution in [0.5, 0.6) is 5.75 Å². The number of sulfonamides is 1. The number of fused-ring (bicyclic) bond motifs is 1. The first-order valence-electron chi connectivity index (χ1n) is 14.4. The number of amidine groups is 2. The maximum Gasteiger partial charge on any atom is 0.260 e. The molecule has 0 aromatic heterocycles. The lowest BCUT2D eigenvalue weighted by molar-refractivity contribution is 0.131. The molecule has 0 aliphatic carbocycles. The quantitative estimate of drug-likeness (QED) is 0.261. The minimum Gasteiger partial charge on any atom is -0.490 e. The predicted molar refractivity (Wildman–Crippen MR) is 174 cm³/mol. The van der Waals surface area contributed by atoms with Crippen LogP contribution in [0.1, 0.15) is 57.2 Å². The van der Waals surface area contributed by atoms with Gasteiger partial charge in [-0.05, 0) is 60.9 Å². The molecular formula is C33H41N5O3S. The van der Waals surface area contributed by atoms with Crippen LogP contribution in [0.2, 0.25) is 0 Å². The zero-order valence-corrected chi connectivity index (χ0v) is 25.9. The summed E-state index contributed by atoms with van der Waals surface area (Å²) in [5.74, 6) is 1.71. The first kappa shape index (κ1) is 30.8. The number of rotatable bonds is 6. The van der Waals surface area contributed by atoms with Gasteiger partial charge in [0.1, 0.15) is 17.7 Å². The number of nitrogens with one attached hydrogen (secondary N) is 1. The molecule has 3 N–H and O–H groups in total. The van der Waals surface area contributed by atoms with Gasteiger partial charge in [0.15, 0.2) is 0 Å². The normalized spacial score (nSPS) is 16.6. The predicted octanol–water partition coefficient (Wildman–Crippen LogP) is 6.27. The van der Waals surface area contributed by atoms with Gasteiger partial charge in [-0.2, -0.15) is 0 Å². The van der Waals surface area contributed by atoms with Gasteiger partial charge in [-0.1, -0.05) is 50.2 Å². The standard InChI is InChI=1S/C31H35N5O3S.C2H6/c1-21-16-26-10-11-29(39-28-12-14-35(15-13-28)22(2)34-3)19-30(26)36(40(21,37)38)20-23-6-4-7-24(17-23)25-8-5-9-27(18-25)31(32)33;1-2/h4-11,16-19,28H,12-15,20H2,1-3H3,(H3,32,33);1-2H3. The van der Waals surface area contributed by atoms with Crippen molar-refractivity contribution in [3.05, 3.63) is 88.3 Å². The fourth-order valence-electron chi connectivity index (χ4n) is 5.21. The minimum absolute atomic E-state index is 0.00443. The summed E-state index contributed by atoms with van der Waals surface area (Å²) in [6.07, 6.45) is 3.54. The number of nitrogens with zero attached hydrogens (tertiary/aromatic N) is 3. The van der Waals surface area contributed by atoms with Crippen molar-refractivity contribution in [2.45, 2.75) is 53.2 Å². The molecule has 42 heavy (non-hydrogen) atoms. The maximum atomic E-state index is 13.5. The van der Waals surface area contributed by atoms with E-state index in [1.807, 2.05) is 88.5 Å². The number of anilines is 1. The molecule has 0 bridgehead atoms. The number of hydrogen-bond donors (Lipinski definition) is 2. The second kappa shape index (κ2) is 13.2. The Balaban J connectivity index is 0.00000198. The smallest absolute Gasteiger partial charge is 0.260 e. The third-order valence-corrected chi connectivity index (χ3v) is 9.45. The van der Waals surface area contributed by atoms with Crippen molar-refractivity contribution < 1.29 is 13.2 Å². The first-order valence-corrected chi connectivity index (χ1v) is 15.8. The summed E-state index contributed by atoms with van der Waals surface area (Å²) >= 11 is 0. The summed E-state index contributed by atoms with van der Waals surface area (Å²) in [7, 11) is -1.90. The molecule has 0 atom stereocenters. The molecule has 8 nitrogen and oxygen atoms in total. The highest BCUT2D eigenvalue weighted by Gasteiger charge is 2.31. The molecule has 3 aromatic carbocycles. The van der Waals surface area contributed by atoms with E-state index in [4.69, 9.17) is 15.9 Å². The molecule has 222 valence electrons. The summed E-state index contributed by atoms with van der Waals surface area (Å²) in [4.78, 5) is 6.85. The van der Waals surface area contributed by atoms with Crippen LogP contribution >= 0.6 is 0 Å². The van der Waals surface area contributed by atoms with Crippen LogP contribution in [-0.2, 0) is 16.6 Å². The zero-order chi connectivity index (χ0) is 30.4. The Morgan fingerprint density at radius 3 is 2.36 bits per heavy atom. The number of likely N-dealkylation sites (tertiary alicyclic amines) is 1. The zero-order valence-electron chi connectivity index (χ0n) is 25.1. The van der Waals surface area contributed by atoms with Gasteiger partial charge in [-0.15, -0.1) is 0 Å². The maximum absolute atomic E-state index is 13.5. The van der Waals surface area contributed by atoms with Gasteiger partial charge in [-0.25, -0.2) is 8.42 Å². The highest BCUT2D eigenvalue weighted by atomic mass is 32.2. The fraction of sp³-hybridized carbons (Fsp3) is 0.333. The van der Waals surface area contributed by atoms with E-state index in [-0.39, 0.29) is 18.5 Å². The lowest BCUT2D eigenvalue weighted by atomic mass is 10.0. The molecule has 0 radical (unpaired) electrons. The van der Waals surface area contributed by atoms with Gasteiger partial charge < -0.3 is 15.4 Å². The summed E-state index contributed by atoms with van der Waals surface area (Å²) < 4.78 is 34.9. The number of nitrogen functional groups attached to an aromatic ring is 1. The van der Waals surface area contributed by atoms with Crippen molar-refractivity contribution in [2.75, 3.05) is 24.4 Å². The number of piperidine rings is 1. The number of benzene rings is 3. The van der Waals surface area contributed by atoms with Crippen molar-refractivity contribution in [1.82, 2.24) is 4.90 Å². The van der Waals surface area contributed by atoms with Crippen LogP contribution in [-0.4, -0.2) is 51.2 Å². The number of allylic oxidation sites excluding steroid dienone is 1. The minimum atomic E-state index is -3.70. The van der Waals surface area contributed by atoms with Crippen molar-refractivity contribution in [1.29, 1.82) is 5.41 Å². The summed E-state index contributed by atoms with van der Waals surface area (Å²) in [6.45, 7) is 9.60. The number of hydrogen-bond acceptors (Lipinski definition) is 5. The van der Waals surface area contributed by atoms with E-state index in [0.717, 1.165) is 54.0 Å². The van der Waals surface area contributed by atoms with Crippen LogP contribution < -0.4 is 14.8 Å².